The van der Waals surface area contributed by atoms with Gasteiger partial charge in [0.1, 0.15) is 23.0 Å². The fraction of sp³-hybridized carbons (Fsp3) is 0.619. The second kappa shape index (κ2) is 8.42. The second-order valence-corrected chi connectivity index (χ2v) is 8.40. The van der Waals surface area contributed by atoms with Gasteiger partial charge >= 0.3 is 0 Å². The zero-order valence-corrected chi connectivity index (χ0v) is 16.3. The van der Waals surface area contributed by atoms with Crippen molar-refractivity contribution in [2.75, 3.05) is 6.61 Å². The number of furan rings is 2. The molecule has 5 nitrogen and oxygen atoms in total. The molecule has 2 aromatic heterocycles. The summed E-state index contributed by atoms with van der Waals surface area (Å²) in [6.07, 6.45) is 2.59. The minimum Gasteiger partial charge on any atom is -0.466 e. The van der Waals surface area contributed by atoms with Crippen LogP contribution in [0.15, 0.2) is 33.1 Å². The van der Waals surface area contributed by atoms with Gasteiger partial charge in [0.2, 0.25) is 0 Å². The van der Waals surface area contributed by atoms with Crippen molar-refractivity contribution in [2.24, 2.45) is 0 Å². The number of rotatable bonds is 10. The van der Waals surface area contributed by atoms with Crippen LogP contribution in [-0.2, 0) is 24.7 Å². The molecule has 0 saturated heterocycles. The van der Waals surface area contributed by atoms with Crippen molar-refractivity contribution in [3.63, 3.8) is 0 Å². The monoisotopic (exact) mass is 364 g/mol. The van der Waals surface area contributed by atoms with Crippen LogP contribution >= 0.6 is 0 Å². The molecular weight excluding hydrogens is 332 g/mol. The van der Waals surface area contributed by atoms with Gasteiger partial charge in [0.05, 0.1) is 18.3 Å². The molecule has 0 radical (unpaired) electrons. The minimum absolute atomic E-state index is 0.0289. The average Bonchev–Trinajstić information content (AvgIpc) is 3.19. The highest BCUT2D eigenvalue weighted by molar-refractivity contribution is 5.15. The Kier molecular flexibility index (Phi) is 6.72. The van der Waals surface area contributed by atoms with E-state index < -0.39 is 17.1 Å². The van der Waals surface area contributed by atoms with Crippen molar-refractivity contribution < 1.29 is 24.2 Å². The lowest BCUT2D eigenvalue weighted by Crippen LogP contribution is -2.21. The molecule has 2 aromatic rings. The Morgan fingerprint density at radius 2 is 1.42 bits per heavy atom. The first-order valence-electron chi connectivity index (χ1n) is 9.27. The van der Waals surface area contributed by atoms with Gasteiger partial charge in [0, 0.05) is 24.7 Å². The van der Waals surface area contributed by atoms with Crippen LogP contribution in [-0.4, -0.2) is 33.6 Å². The Hall–Kier alpha value is -1.56. The van der Waals surface area contributed by atoms with Crippen LogP contribution in [0.3, 0.4) is 0 Å². The van der Waals surface area contributed by atoms with Crippen molar-refractivity contribution in [3.8, 4) is 0 Å². The SMILES string of the molecule is CC(C)(O)Cc1ccc(CCC(O)CCc2ccc(C(C)(C)CO)o2)o1. The lowest BCUT2D eigenvalue weighted by atomic mass is 9.92. The summed E-state index contributed by atoms with van der Waals surface area (Å²) in [7, 11) is 0. The summed E-state index contributed by atoms with van der Waals surface area (Å²) in [5.74, 6) is 3.18. The molecule has 0 fully saturated rings. The van der Waals surface area contributed by atoms with Crippen molar-refractivity contribution in [3.05, 3.63) is 47.3 Å². The van der Waals surface area contributed by atoms with E-state index in [1.807, 2.05) is 38.1 Å². The van der Waals surface area contributed by atoms with E-state index in [2.05, 4.69) is 0 Å². The van der Waals surface area contributed by atoms with Crippen molar-refractivity contribution in [1.82, 2.24) is 0 Å². The quantitative estimate of drug-likeness (QED) is 0.602. The van der Waals surface area contributed by atoms with Crippen LogP contribution in [0.5, 0.6) is 0 Å². The zero-order chi connectivity index (χ0) is 19.4. The lowest BCUT2D eigenvalue weighted by Gasteiger charge is -2.18. The largest absolute Gasteiger partial charge is 0.466 e. The van der Waals surface area contributed by atoms with Crippen LogP contribution in [0.25, 0.3) is 0 Å². The Labute approximate surface area is 155 Å². The highest BCUT2D eigenvalue weighted by Crippen LogP contribution is 2.25. The van der Waals surface area contributed by atoms with E-state index in [-0.39, 0.29) is 6.61 Å². The molecule has 3 N–H and O–H groups in total. The fourth-order valence-electron chi connectivity index (χ4n) is 2.79. The Balaban J connectivity index is 1.77. The number of aliphatic hydroxyl groups excluding tert-OH is 2. The number of aryl methyl sites for hydroxylation is 2. The summed E-state index contributed by atoms with van der Waals surface area (Å²) in [5, 5.41) is 29.4. The van der Waals surface area contributed by atoms with Gasteiger partial charge in [-0.25, -0.2) is 0 Å². The molecule has 0 saturated carbocycles. The first-order valence-corrected chi connectivity index (χ1v) is 9.27. The summed E-state index contributed by atoms with van der Waals surface area (Å²) in [4.78, 5) is 0. The number of aliphatic hydroxyl groups is 3. The van der Waals surface area contributed by atoms with E-state index in [9.17, 15) is 15.3 Å². The van der Waals surface area contributed by atoms with Gasteiger partial charge < -0.3 is 24.2 Å². The summed E-state index contributed by atoms with van der Waals surface area (Å²) in [5.41, 5.74) is -1.18. The molecule has 0 spiro atoms. The van der Waals surface area contributed by atoms with E-state index in [1.165, 1.54) is 0 Å². The molecule has 1 unspecified atom stereocenters. The van der Waals surface area contributed by atoms with Gasteiger partial charge in [-0.2, -0.15) is 0 Å². The van der Waals surface area contributed by atoms with Gasteiger partial charge in [-0.15, -0.1) is 0 Å². The Morgan fingerprint density at radius 1 is 0.885 bits per heavy atom. The molecule has 2 heterocycles. The third-order valence-electron chi connectivity index (χ3n) is 4.50. The van der Waals surface area contributed by atoms with Crippen molar-refractivity contribution in [1.29, 1.82) is 0 Å². The molecule has 1 atom stereocenters. The van der Waals surface area contributed by atoms with E-state index in [4.69, 9.17) is 8.83 Å². The van der Waals surface area contributed by atoms with Gasteiger partial charge in [-0.1, -0.05) is 13.8 Å². The molecule has 0 amide bonds. The normalized spacial score (nSPS) is 14.0. The van der Waals surface area contributed by atoms with Gasteiger partial charge in [0.15, 0.2) is 0 Å². The predicted octanol–water partition coefficient (Wildman–Crippen LogP) is 3.38. The molecule has 0 aliphatic rings. The smallest absolute Gasteiger partial charge is 0.112 e. The molecule has 5 heteroatoms. The summed E-state index contributed by atoms with van der Waals surface area (Å²) < 4.78 is 11.5. The molecule has 0 aromatic carbocycles. The minimum atomic E-state index is -0.791. The highest BCUT2D eigenvalue weighted by Gasteiger charge is 2.23. The second-order valence-electron chi connectivity index (χ2n) is 8.40. The molecule has 146 valence electrons. The van der Waals surface area contributed by atoms with E-state index in [1.54, 1.807) is 13.8 Å². The third-order valence-corrected chi connectivity index (χ3v) is 4.50. The van der Waals surface area contributed by atoms with Crippen LogP contribution in [0.1, 0.15) is 63.6 Å². The number of hydrogen-bond donors (Lipinski definition) is 3. The molecule has 0 aliphatic heterocycles. The first kappa shape index (κ1) is 20.7. The highest BCUT2D eigenvalue weighted by atomic mass is 16.3. The first-order chi connectivity index (χ1) is 12.1. The van der Waals surface area contributed by atoms with Gasteiger partial charge in [0.25, 0.3) is 0 Å². The summed E-state index contributed by atoms with van der Waals surface area (Å²) >= 11 is 0. The molecule has 2 rings (SSSR count). The van der Waals surface area contributed by atoms with Crippen molar-refractivity contribution in [2.45, 2.75) is 76.9 Å². The topological polar surface area (TPSA) is 87.0 Å². The summed E-state index contributed by atoms with van der Waals surface area (Å²) in [6.45, 7) is 7.39. The predicted molar refractivity (Wildman–Crippen MR) is 100 cm³/mol. The van der Waals surface area contributed by atoms with Crippen LogP contribution in [0, 0.1) is 0 Å². The van der Waals surface area contributed by atoms with Crippen LogP contribution < -0.4 is 0 Å². The van der Waals surface area contributed by atoms with Crippen LogP contribution in [0.2, 0.25) is 0 Å². The van der Waals surface area contributed by atoms with Gasteiger partial charge in [-0.05, 0) is 51.0 Å². The van der Waals surface area contributed by atoms with Crippen LogP contribution in [0.4, 0.5) is 0 Å². The number of hydrogen-bond acceptors (Lipinski definition) is 5. The van der Waals surface area contributed by atoms with Gasteiger partial charge in [-0.3, -0.25) is 0 Å². The van der Waals surface area contributed by atoms with Crippen molar-refractivity contribution >= 4 is 0 Å². The summed E-state index contributed by atoms with van der Waals surface area (Å²) in [6, 6.07) is 7.59. The fourth-order valence-corrected chi connectivity index (χ4v) is 2.79. The molecule has 0 aliphatic carbocycles. The average molecular weight is 364 g/mol. The van der Waals surface area contributed by atoms with E-state index >= 15 is 0 Å². The molecule has 0 bridgehead atoms. The lowest BCUT2D eigenvalue weighted by molar-refractivity contribution is 0.0747. The maximum absolute atomic E-state index is 10.2. The molecular formula is C21H32O5. The Morgan fingerprint density at radius 3 is 2.00 bits per heavy atom. The van der Waals surface area contributed by atoms with E-state index in [0.29, 0.717) is 32.1 Å². The Bertz CT molecular complexity index is 675. The maximum atomic E-state index is 10.2. The maximum Gasteiger partial charge on any atom is 0.112 e. The third kappa shape index (κ3) is 6.31. The standard InChI is InChI=1S/C21H32O5/c1-20(2,14-22)19-12-11-17(26-19)8-6-15(23)5-7-16-9-10-18(25-16)13-21(3,4)24/h9-12,15,22-24H,5-8,13-14H2,1-4H3. The van der Waals surface area contributed by atoms with E-state index in [0.717, 1.165) is 23.0 Å². The molecule has 26 heavy (non-hydrogen) atoms. The zero-order valence-electron chi connectivity index (χ0n) is 16.3.